The van der Waals surface area contributed by atoms with Gasteiger partial charge >= 0.3 is 0 Å². The molecule has 0 N–H and O–H groups in total. The SMILES string of the molecule is CCCC1(CCC)CC(C#N)(c2ccccc2)C1. The van der Waals surface area contributed by atoms with Crippen molar-refractivity contribution in [1.29, 1.82) is 5.26 Å². The Morgan fingerprint density at radius 3 is 2.06 bits per heavy atom. The smallest absolute Gasteiger partial charge is 0.0833 e. The third kappa shape index (κ3) is 2.17. The van der Waals surface area contributed by atoms with Crippen LogP contribution in [0.5, 0.6) is 0 Å². The summed E-state index contributed by atoms with van der Waals surface area (Å²) in [5, 5.41) is 9.61. The maximum atomic E-state index is 9.61. The summed E-state index contributed by atoms with van der Waals surface area (Å²) in [5.41, 5.74) is 1.45. The molecule has 0 saturated heterocycles. The number of nitrogens with zero attached hydrogens (tertiary/aromatic N) is 1. The lowest BCUT2D eigenvalue weighted by molar-refractivity contribution is 0.0358. The predicted octanol–water partition coefficient (Wildman–Crippen LogP) is 4.83. The van der Waals surface area contributed by atoms with Crippen LogP contribution >= 0.6 is 0 Å². The molecule has 1 aliphatic carbocycles. The van der Waals surface area contributed by atoms with Crippen LogP contribution in [0.2, 0.25) is 0 Å². The molecule has 18 heavy (non-hydrogen) atoms. The molecule has 1 fully saturated rings. The first-order valence-electron chi connectivity index (χ1n) is 7.17. The molecule has 0 unspecified atom stereocenters. The van der Waals surface area contributed by atoms with E-state index in [1.54, 1.807) is 0 Å². The zero-order valence-electron chi connectivity index (χ0n) is 11.6. The second kappa shape index (κ2) is 5.14. The molecule has 0 bridgehead atoms. The summed E-state index contributed by atoms with van der Waals surface area (Å²) >= 11 is 0. The fourth-order valence-corrected chi connectivity index (χ4v) is 3.87. The van der Waals surface area contributed by atoms with Crippen LogP contribution in [0.4, 0.5) is 0 Å². The van der Waals surface area contributed by atoms with E-state index in [1.165, 1.54) is 31.2 Å². The highest BCUT2D eigenvalue weighted by atomic mass is 14.6. The van der Waals surface area contributed by atoms with Crippen molar-refractivity contribution < 1.29 is 0 Å². The van der Waals surface area contributed by atoms with Crippen molar-refractivity contribution in [3.05, 3.63) is 35.9 Å². The van der Waals surface area contributed by atoms with Crippen molar-refractivity contribution in [2.75, 3.05) is 0 Å². The number of nitriles is 1. The van der Waals surface area contributed by atoms with Crippen LogP contribution in [0.3, 0.4) is 0 Å². The highest BCUT2D eigenvalue weighted by molar-refractivity contribution is 5.37. The normalized spacial score (nSPS) is 19.8. The molecular weight excluding hydrogens is 218 g/mol. The summed E-state index contributed by atoms with van der Waals surface area (Å²) < 4.78 is 0. The first-order valence-corrected chi connectivity index (χ1v) is 7.17. The molecule has 0 aromatic heterocycles. The van der Waals surface area contributed by atoms with Crippen LogP contribution in [0.15, 0.2) is 30.3 Å². The van der Waals surface area contributed by atoms with Crippen LogP contribution in [-0.2, 0) is 5.41 Å². The Hall–Kier alpha value is -1.29. The summed E-state index contributed by atoms with van der Waals surface area (Å²) in [4.78, 5) is 0. The van der Waals surface area contributed by atoms with Crippen molar-refractivity contribution in [1.82, 2.24) is 0 Å². The van der Waals surface area contributed by atoms with Gasteiger partial charge in [0.25, 0.3) is 0 Å². The van der Waals surface area contributed by atoms with E-state index < -0.39 is 0 Å². The number of hydrogen-bond acceptors (Lipinski definition) is 1. The van der Waals surface area contributed by atoms with Gasteiger partial charge in [0.15, 0.2) is 0 Å². The van der Waals surface area contributed by atoms with E-state index in [-0.39, 0.29) is 5.41 Å². The van der Waals surface area contributed by atoms with E-state index in [0.29, 0.717) is 5.41 Å². The van der Waals surface area contributed by atoms with Gasteiger partial charge in [-0.1, -0.05) is 57.0 Å². The highest BCUT2D eigenvalue weighted by Gasteiger charge is 2.54. The summed E-state index contributed by atoms with van der Waals surface area (Å²) in [5.74, 6) is 0. The minimum Gasteiger partial charge on any atom is -0.197 e. The second-order valence-corrected chi connectivity index (χ2v) is 5.91. The lowest BCUT2D eigenvalue weighted by Gasteiger charge is -2.53. The Bertz CT molecular complexity index is 413. The number of benzene rings is 1. The Morgan fingerprint density at radius 1 is 1.06 bits per heavy atom. The van der Waals surface area contributed by atoms with E-state index in [4.69, 9.17) is 0 Å². The van der Waals surface area contributed by atoms with Gasteiger partial charge in [0, 0.05) is 0 Å². The maximum absolute atomic E-state index is 9.61. The van der Waals surface area contributed by atoms with Crippen LogP contribution in [0, 0.1) is 16.7 Å². The highest BCUT2D eigenvalue weighted by Crippen LogP contribution is 2.59. The summed E-state index contributed by atoms with van der Waals surface area (Å²) in [6.07, 6.45) is 7.13. The van der Waals surface area contributed by atoms with E-state index in [2.05, 4.69) is 32.0 Å². The molecule has 1 aromatic rings. The van der Waals surface area contributed by atoms with Gasteiger partial charge in [0.2, 0.25) is 0 Å². The summed E-state index contributed by atoms with van der Waals surface area (Å²) in [7, 11) is 0. The molecule has 1 nitrogen and oxygen atoms in total. The fraction of sp³-hybridized carbons (Fsp3) is 0.588. The molecule has 0 spiro atoms. The van der Waals surface area contributed by atoms with Crippen molar-refractivity contribution in [3.63, 3.8) is 0 Å². The second-order valence-electron chi connectivity index (χ2n) is 5.91. The number of hydrogen-bond donors (Lipinski definition) is 0. The molecule has 0 amide bonds. The molecule has 1 heteroatoms. The summed E-state index contributed by atoms with van der Waals surface area (Å²) in [6.45, 7) is 4.51. The molecule has 2 rings (SSSR count). The van der Waals surface area contributed by atoms with Gasteiger partial charge < -0.3 is 0 Å². The van der Waals surface area contributed by atoms with Gasteiger partial charge in [-0.15, -0.1) is 0 Å². The van der Waals surface area contributed by atoms with Crippen LogP contribution in [0.25, 0.3) is 0 Å². The van der Waals surface area contributed by atoms with Gasteiger partial charge in [-0.2, -0.15) is 5.26 Å². The first kappa shape index (κ1) is 13.1. The largest absolute Gasteiger partial charge is 0.197 e. The lowest BCUT2D eigenvalue weighted by Crippen LogP contribution is -2.48. The molecule has 0 atom stereocenters. The van der Waals surface area contributed by atoms with Crippen LogP contribution < -0.4 is 0 Å². The van der Waals surface area contributed by atoms with Crippen LogP contribution in [0.1, 0.15) is 57.9 Å². The average Bonchev–Trinajstić information content (AvgIpc) is 2.36. The van der Waals surface area contributed by atoms with E-state index in [1.807, 2.05) is 18.2 Å². The molecule has 1 saturated carbocycles. The summed E-state index contributed by atoms with van der Waals surface area (Å²) in [6, 6.07) is 13.0. The first-order chi connectivity index (χ1) is 8.70. The Balaban J connectivity index is 2.18. The quantitative estimate of drug-likeness (QED) is 0.724. The standard InChI is InChI=1S/C17H23N/c1-3-10-16(11-4-2)12-17(13-16,14-18)15-8-6-5-7-9-15/h5-9H,3-4,10-13H2,1-2H3. The average molecular weight is 241 g/mol. The molecular formula is C17H23N. The minimum atomic E-state index is -0.203. The molecule has 0 aliphatic heterocycles. The molecule has 1 aromatic carbocycles. The predicted molar refractivity (Wildman–Crippen MR) is 75.2 cm³/mol. The van der Waals surface area contributed by atoms with Gasteiger partial charge in [-0.05, 0) is 36.7 Å². The Kier molecular flexibility index (Phi) is 3.76. The molecule has 1 aliphatic rings. The van der Waals surface area contributed by atoms with Crippen molar-refractivity contribution >= 4 is 0 Å². The van der Waals surface area contributed by atoms with Crippen molar-refractivity contribution in [2.24, 2.45) is 5.41 Å². The monoisotopic (exact) mass is 241 g/mol. The third-order valence-corrected chi connectivity index (χ3v) is 4.45. The zero-order chi connectivity index (χ0) is 13.1. The van der Waals surface area contributed by atoms with E-state index in [0.717, 1.165) is 12.8 Å². The minimum absolute atomic E-state index is 0.203. The van der Waals surface area contributed by atoms with E-state index >= 15 is 0 Å². The molecule has 0 radical (unpaired) electrons. The van der Waals surface area contributed by atoms with Gasteiger partial charge in [0.1, 0.15) is 0 Å². The number of rotatable bonds is 5. The van der Waals surface area contributed by atoms with Gasteiger partial charge in [-0.25, -0.2) is 0 Å². The third-order valence-electron chi connectivity index (χ3n) is 4.45. The maximum Gasteiger partial charge on any atom is 0.0833 e. The Morgan fingerprint density at radius 2 is 1.61 bits per heavy atom. The van der Waals surface area contributed by atoms with Gasteiger partial charge in [0.05, 0.1) is 11.5 Å². The topological polar surface area (TPSA) is 23.8 Å². The fourth-order valence-electron chi connectivity index (χ4n) is 3.87. The molecule has 0 heterocycles. The molecule has 96 valence electrons. The van der Waals surface area contributed by atoms with Crippen molar-refractivity contribution in [2.45, 2.75) is 57.8 Å². The zero-order valence-corrected chi connectivity index (χ0v) is 11.6. The van der Waals surface area contributed by atoms with Gasteiger partial charge in [-0.3, -0.25) is 0 Å². The Labute approximate surface area is 111 Å². The van der Waals surface area contributed by atoms with E-state index in [9.17, 15) is 5.26 Å². The van der Waals surface area contributed by atoms with Crippen LogP contribution in [-0.4, -0.2) is 0 Å². The lowest BCUT2D eigenvalue weighted by atomic mass is 9.48. The van der Waals surface area contributed by atoms with Crippen molar-refractivity contribution in [3.8, 4) is 6.07 Å².